The topological polar surface area (TPSA) is 97.4 Å². The molecule has 24 heavy (non-hydrogen) atoms. The standard InChI is InChI=1S/C15H26N4O3S.ClH/c1-12-5-3-8-19(10-12)23(21,22)13-9-14(18(2)11-13)15(20)17-7-4-6-16;/h9,11-12H,3-8,10,16H2,1-2H3,(H,17,20);1H. The summed E-state index contributed by atoms with van der Waals surface area (Å²) in [6.07, 6.45) is 4.12. The molecule has 0 radical (unpaired) electrons. The predicted octanol–water partition coefficient (Wildman–Crippen LogP) is 0.946. The molecule has 1 aliphatic rings. The zero-order valence-electron chi connectivity index (χ0n) is 14.2. The normalized spacial score (nSPS) is 18.9. The number of piperidine rings is 1. The second kappa shape index (κ2) is 8.84. The lowest BCUT2D eigenvalue weighted by Gasteiger charge is -2.29. The number of rotatable bonds is 6. The second-order valence-corrected chi connectivity index (χ2v) is 8.12. The van der Waals surface area contributed by atoms with Gasteiger partial charge in [0.1, 0.15) is 10.6 Å². The van der Waals surface area contributed by atoms with Gasteiger partial charge in [-0.1, -0.05) is 6.92 Å². The number of hydrogen-bond donors (Lipinski definition) is 2. The lowest BCUT2D eigenvalue weighted by Crippen LogP contribution is -2.38. The highest BCUT2D eigenvalue weighted by molar-refractivity contribution is 7.89. The Morgan fingerprint density at radius 1 is 1.46 bits per heavy atom. The number of nitrogens with two attached hydrogens (primary N) is 1. The van der Waals surface area contributed by atoms with Crippen LogP contribution >= 0.6 is 12.4 Å². The van der Waals surface area contributed by atoms with Gasteiger partial charge in [0.2, 0.25) is 10.0 Å². The SMILES string of the molecule is CC1CCCN(S(=O)(=O)c2cc(C(=O)NCCCN)n(C)c2)C1.Cl. The van der Waals surface area contributed by atoms with Gasteiger partial charge in [0, 0.05) is 32.9 Å². The van der Waals surface area contributed by atoms with Crippen LogP contribution in [0.2, 0.25) is 0 Å². The minimum absolute atomic E-state index is 0. The third kappa shape index (κ3) is 4.72. The Bertz CT molecular complexity index is 660. The van der Waals surface area contributed by atoms with Gasteiger partial charge in [-0.05, 0) is 37.8 Å². The molecule has 1 aromatic heterocycles. The van der Waals surface area contributed by atoms with Gasteiger partial charge < -0.3 is 15.6 Å². The maximum atomic E-state index is 12.7. The van der Waals surface area contributed by atoms with Crippen molar-refractivity contribution in [2.24, 2.45) is 18.7 Å². The summed E-state index contributed by atoms with van der Waals surface area (Å²) >= 11 is 0. The molecule has 9 heteroatoms. The summed E-state index contributed by atoms with van der Waals surface area (Å²) in [6.45, 7) is 4.12. The van der Waals surface area contributed by atoms with Crippen LogP contribution in [0.1, 0.15) is 36.7 Å². The molecule has 0 saturated carbocycles. The summed E-state index contributed by atoms with van der Waals surface area (Å²) in [4.78, 5) is 12.3. The number of aromatic nitrogens is 1. The number of carbonyl (C=O) groups is 1. The van der Waals surface area contributed by atoms with Gasteiger partial charge >= 0.3 is 0 Å². The van der Waals surface area contributed by atoms with Crippen molar-refractivity contribution < 1.29 is 13.2 Å². The average molecular weight is 379 g/mol. The van der Waals surface area contributed by atoms with Crippen LogP contribution in [0.25, 0.3) is 0 Å². The molecule has 1 saturated heterocycles. The summed E-state index contributed by atoms with van der Waals surface area (Å²) in [7, 11) is -1.87. The van der Waals surface area contributed by atoms with E-state index in [0.717, 1.165) is 12.8 Å². The van der Waals surface area contributed by atoms with Gasteiger partial charge in [-0.15, -0.1) is 12.4 Å². The Morgan fingerprint density at radius 2 is 2.17 bits per heavy atom. The predicted molar refractivity (Wildman–Crippen MR) is 95.8 cm³/mol. The molecule has 1 amide bonds. The van der Waals surface area contributed by atoms with E-state index in [9.17, 15) is 13.2 Å². The number of carbonyl (C=O) groups excluding carboxylic acids is 1. The quantitative estimate of drug-likeness (QED) is 0.720. The smallest absolute Gasteiger partial charge is 0.267 e. The molecular formula is C15H27ClN4O3S. The van der Waals surface area contributed by atoms with Gasteiger partial charge in [0.25, 0.3) is 5.91 Å². The number of amides is 1. The van der Waals surface area contributed by atoms with Crippen LogP contribution in [0.3, 0.4) is 0 Å². The van der Waals surface area contributed by atoms with Crippen molar-refractivity contribution in [1.82, 2.24) is 14.2 Å². The number of sulfonamides is 1. The molecule has 7 nitrogen and oxygen atoms in total. The van der Waals surface area contributed by atoms with Crippen molar-refractivity contribution >= 4 is 28.3 Å². The molecule has 0 aliphatic carbocycles. The highest BCUT2D eigenvalue weighted by Gasteiger charge is 2.30. The van der Waals surface area contributed by atoms with Gasteiger partial charge in [0.05, 0.1) is 0 Å². The first-order valence-electron chi connectivity index (χ1n) is 8.01. The third-order valence-corrected chi connectivity index (χ3v) is 5.97. The summed E-state index contributed by atoms with van der Waals surface area (Å²) < 4.78 is 28.6. The van der Waals surface area contributed by atoms with Crippen LogP contribution in [0, 0.1) is 5.92 Å². The molecule has 2 rings (SSSR count). The Balaban J connectivity index is 0.00000288. The van der Waals surface area contributed by atoms with E-state index < -0.39 is 10.0 Å². The van der Waals surface area contributed by atoms with E-state index in [2.05, 4.69) is 12.2 Å². The van der Waals surface area contributed by atoms with Crippen molar-refractivity contribution in [3.63, 3.8) is 0 Å². The number of nitrogens with one attached hydrogen (secondary N) is 1. The molecule has 1 unspecified atom stereocenters. The lowest BCUT2D eigenvalue weighted by atomic mass is 10.0. The van der Waals surface area contributed by atoms with Crippen LogP contribution < -0.4 is 11.1 Å². The van der Waals surface area contributed by atoms with Crippen LogP contribution in [0.4, 0.5) is 0 Å². The maximum Gasteiger partial charge on any atom is 0.267 e. The number of halogens is 1. The van der Waals surface area contributed by atoms with Gasteiger partial charge in [-0.3, -0.25) is 4.79 Å². The zero-order chi connectivity index (χ0) is 17.0. The van der Waals surface area contributed by atoms with Crippen molar-refractivity contribution in [3.05, 3.63) is 18.0 Å². The molecule has 0 bridgehead atoms. The molecule has 1 aliphatic heterocycles. The van der Waals surface area contributed by atoms with Crippen molar-refractivity contribution in [2.75, 3.05) is 26.2 Å². The third-order valence-electron chi connectivity index (χ3n) is 4.14. The van der Waals surface area contributed by atoms with Crippen LogP contribution in [-0.2, 0) is 17.1 Å². The van der Waals surface area contributed by atoms with E-state index in [1.807, 2.05) is 0 Å². The number of aryl methyl sites for hydroxylation is 1. The highest BCUT2D eigenvalue weighted by atomic mass is 35.5. The molecule has 1 fully saturated rings. The largest absolute Gasteiger partial charge is 0.351 e. The van der Waals surface area contributed by atoms with E-state index in [0.29, 0.717) is 44.2 Å². The van der Waals surface area contributed by atoms with Gasteiger partial charge in [0.15, 0.2) is 0 Å². The molecule has 0 aromatic carbocycles. The fourth-order valence-electron chi connectivity index (χ4n) is 2.81. The number of hydrogen-bond acceptors (Lipinski definition) is 4. The van der Waals surface area contributed by atoms with E-state index in [1.165, 1.54) is 16.6 Å². The summed E-state index contributed by atoms with van der Waals surface area (Å²) in [5, 5.41) is 2.74. The van der Waals surface area contributed by atoms with Crippen LogP contribution in [0.5, 0.6) is 0 Å². The Kier molecular flexibility index (Phi) is 7.72. The molecule has 1 atom stereocenters. The van der Waals surface area contributed by atoms with Gasteiger partial charge in [-0.2, -0.15) is 4.31 Å². The molecule has 2 heterocycles. The monoisotopic (exact) mass is 378 g/mol. The Hall–Kier alpha value is -1.09. The first-order chi connectivity index (χ1) is 10.9. The molecule has 1 aromatic rings. The number of nitrogens with zero attached hydrogens (tertiary/aromatic N) is 2. The zero-order valence-corrected chi connectivity index (χ0v) is 15.8. The first-order valence-corrected chi connectivity index (χ1v) is 9.45. The van der Waals surface area contributed by atoms with Crippen molar-refractivity contribution in [2.45, 2.75) is 31.1 Å². The summed E-state index contributed by atoms with van der Waals surface area (Å²) in [5.41, 5.74) is 5.74. The Morgan fingerprint density at radius 3 is 2.79 bits per heavy atom. The molecule has 3 N–H and O–H groups in total. The van der Waals surface area contributed by atoms with E-state index >= 15 is 0 Å². The fourth-order valence-corrected chi connectivity index (χ4v) is 4.48. The highest BCUT2D eigenvalue weighted by Crippen LogP contribution is 2.24. The summed E-state index contributed by atoms with van der Waals surface area (Å²) in [6, 6.07) is 1.45. The van der Waals surface area contributed by atoms with E-state index in [4.69, 9.17) is 5.73 Å². The minimum atomic E-state index is -3.54. The molecule has 138 valence electrons. The lowest BCUT2D eigenvalue weighted by molar-refractivity contribution is 0.0945. The van der Waals surface area contributed by atoms with Crippen LogP contribution in [0.15, 0.2) is 17.2 Å². The van der Waals surface area contributed by atoms with Crippen LogP contribution in [-0.4, -0.2) is 49.4 Å². The molecular weight excluding hydrogens is 352 g/mol. The van der Waals surface area contributed by atoms with E-state index in [-0.39, 0.29) is 23.2 Å². The minimum Gasteiger partial charge on any atom is -0.351 e. The fraction of sp³-hybridized carbons (Fsp3) is 0.667. The maximum absolute atomic E-state index is 12.7. The van der Waals surface area contributed by atoms with Gasteiger partial charge in [-0.25, -0.2) is 8.42 Å². The first kappa shape index (κ1) is 21.0. The molecule has 0 spiro atoms. The average Bonchev–Trinajstić information content (AvgIpc) is 2.90. The Labute approximate surface area is 150 Å². The second-order valence-electron chi connectivity index (χ2n) is 6.18. The van der Waals surface area contributed by atoms with E-state index in [1.54, 1.807) is 11.6 Å². The van der Waals surface area contributed by atoms with Crippen molar-refractivity contribution in [3.8, 4) is 0 Å². The van der Waals surface area contributed by atoms with Crippen molar-refractivity contribution in [1.29, 1.82) is 0 Å². The summed E-state index contributed by atoms with van der Waals surface area (Å²) in [5.74, 6) is 0.0793.